The van der Waals surface area contributed by atoms with Crippen molar-refractivity contribution in [1.82, 2.24) is 0 Å². The van der Waals surface area contributed by atoms with Gasteiger partial charge in [-0.1, -0.05) is 30.2 Å². The molecule has 0 amide bonds. The molecule has 0 heterocycles. The molecule has 1 aliphatic rings. The second kappa shape index (κ2) is 6.86. The van der Waals surface area contributed by atoms with Crippen molar-refractivity contribution in [3.05, 3.63) is 23.3 Å². The molecule has 0 unspecified atom stereocenters. The van der Waals surface area contributed by atoms with Crippen molar-refractivity contribution in [2.24, 2.45) is 0 Å². The van der Waals surface area contributed by atoms with E-state index in [1.54, 1.807) is 11.1 Å². The Balaban J connectivity index is 2.17. The first kappa shape index (κ1) is 11.6. The highest BCUT2D eigenvalue weighted by atomic mass is 14.1. The standard InChI is InChI=1S/C14H24/c1-3-4-5-6-7-10-13(2)14-11-8-9-12-14/h4-5H,3,6-12H2,1-2H3/b5-4+. The Labute approximate surface area is 89.1 Å². The zero-order chi connectivity index (χ0) is 10.2. The molecule has 1 saturated carbocycles. The van der Waals surface area contributed by atoms with Gasteiger partial charge in [0.2, 0.25) is 0 Å². The normalized spacial score (nSPS) is 16.9. The minimum Gasteiger partial charge on any atom is -0.0888 e. The van der Waals surface area contributed by atoms with Gasteiger partial charge in [-0.25, -0.2) is 0 Å². The van der Waals surface area contributed by atoms with Gasteiger partial charge in [0.1, 0.15) is 0 Å². The molecule has 0 spiro atoms. The molecule has 1 rings (SSSR count). The zero-order valence-electron chi connectivity index (χ0n) is 9.81. The third kappa shape index (κ3) is 4.13. The molecule has 0 atom stereocenters. The van der Waals surface area contributed by atoms with E-state index >= 15 is 0 Å². The SMILES string of the molecule is CC/C=C/CCCC(C)=C1CCCC1. The molecule has 0 saturated heterocycles. The lowest BCUT2D eigenvalue weighted by atomic mass is 10.0. The summed E-state index contributed by atoms with van der Waals surface area (Å²) in [5.41, 5.74) is 3.46. The van der Waals surface area contributed by atoms with Crippen LogP contribution in [-0.4, -0.2) is 0 Å². The van der Waals surface area contributed by atoms with Gasteiger partial charge in [0.15, 0.2) is 0 Å². The smallest absolute Gasteiger partial charge is 0.0317 e. The van der Waals surface area contributed by atoms with Gasteiger partial charge in [0, 0.05) is 0 Å². The maximum absolute atomic E-state index is 2.34. The van der Waals surface area contributed by atoms with Crippen LogP contribution in [0.3, 0.4) is 0 Å². The first-order chi connectivity index (χ1) is 6.84. The number of hydrogen-bond acceptors (Lipinski definition) is 0. The molecule has 0 aromatic heterocycles. The van der Waals surface area contributed by atoms with Gasteiger partial charge in [-0.05, 0) is 58.3 Å². The van der Waals surface area contributed by atoms with Crippen molar-refractivity contribution < 1.29 is 0 Å². The van der Waals surface area contributed by atoms with Gasteiger partial charge in [0.25, 0.3) is 0 Å². The van der Waals surface area contributed by atoms with Gasteiger partial charge < -0.3 is 0 Å². The number of unbranched alkanes of at least 4 members (excludes halogenated alkanes) is 1. The summed E-state index contributed by atoms with van der Waals surface area (Å²) in [6, 6.07) is 0. The fraction of sp³-hybridized carbons (Fsp3) is 0.714. The van der Waals surface area contributed by atoms with Gasteiger partial charge in [-0.3, -0.25) is 0 Å². The minimum absolute atomic E-state index is 1.18. The fourth-order valence-corrected chi connectivity index (χ4v) is 2.17. The summed E-state index contributed by atoms with van der Waals surface area (Å²) in [4.78, 5) is 0. The van der Waals surface area contributed by atoms with Crippen LogP contribution in [0.2, 0.25) is 0 Å². The number of hydrogen-bond donors (Lipinski definition) is 0. The average Bonchev–Trinajstić information content (AvgIpc) is 2.70. The molecular formula is C14H24. The van der Waals surface area contributed by atoms with Crippen LogP contribution in [-0.2, 0) is 0 Å². The Kier molecular flexibility index (Phi) is 5.66. The van der Waals surface area contributed by atoms with Gasteiger partial charge in [0.05, 0.1) is 0 Å². The van der Waals surface area contributed by atoms with Crippen LogP contribution in [0.1, 0.15) is 65.2 Å². The van der Waals surface area contributed by atoms with Crippen molar-refractivity contribution in [3.8, 4) is 0 Å². The molecular weight excluding hydrogens is 168 g/mol. The molecule has 0 heteroatoms. The Hall–Kier alpha value is -0.520. The monoisotopic (exact) mass is 192 g/mol. The molecule has 0 N–H and O–H groups in total. The molecule has 14 heavy (non-hydrogen) atoms. The van der Waals surface area contributed by atoms with Crippen LogP contribution in [0.25, 0.3) is 0 Å². The summed E-state index contributed by atoms with van der Waals surface area (Å²) in [7, 11) is 0. The first-order valence-electron chi connectivity index (χ1n) is 6.17. The lowest BCUT2D eigenvalue weighted by Crippen LogP contribution is -1.84. The van der Waals surface area contributed by atoms with Gasteiger partial charge in [-0.15, -0.1) is 0 Å². The summed E-state index contributed by atoms with van der Waals surface area (Å²) < 4.78 is 0. The van der Waals surface area contributed by atoms with Crippen LogP contribution in [0.5, 0.6) is 0 Å². The number of rotatable bonds is 5. The molecule has 0 nitrogen and oxygen atoms in total. The molecule has 1 aliphatic carbocycles. The van der Waals surface area contributed by atoms with E-state index in [-0.39, 0.29) is 0 Å². The van der Waals surface area contributed by atoms with Crippen LogP contribution < -0.4 is 0 Å². The summed E-state index contributed by atoms with van der Waals surface area (Å²) >= 11 is 0. The quantitative estimate of drug-likeness (QED) is 0.424. The Bertz CT molecular complexity index is 200. The van der Waals surface area contributed by atoms with E-state index in [4.69, 9.17) is 0 Å². The van der Waals surface area contributed by atoms with E-state index in [2.05, 4.69) is 26.0 Å². The topological polar surface area (TPSA) is 0 Å². The fourth-order valence-electron chi connectivity index (χ4n) is 2.17. The molecule has 0 bridgehead atoms. The minimum atomic E-state index is 1.18. The summed E-state index contributed by atoms with van der Waals surface area (Å²) in [5, 5.41) is 0. The second-order valence-corrected chi connectivity index (χ2v) is 4.36. The Morgan fingerprint density at radius 2 is 1.93 bits per heavy atom. The van der Waals surface area contributed by atoms with E-state index in [1.165, 1.54) is 51.4 Å². The number of allylic oxidation sites excluding steroid dienone is 4. The van der Waals surface area contributed by atoms with E-state index in [9.17, 15) is 0 Å². The molecule has 0 aromatic rings. The largest absolute Gasteiger partial charge is 0.0888 e. The van der Waals surface area contributed by atoms with Crippen LogP contribution in [0.15, 0.2) is 23.3 Å². The third-order valence-corrected chi connectivity index (χ3v) is 3.14. The van der Waals surface area contributed by atoms with E-state index in [0.717, 1.165) is 0 Å². The van der Waals surface area contributed by atoms with Crippen molar-refractivity contribution in [2.75, 3.05) is 0 Å². The maximum Gasteiger partial charge on any atom is -0.0317 e. The Morgan fingerprint density at radius 1 is 1.21 bits per heavy atom. The summed E-state index contributed by atoms with van der Waals surface area (Å²) in [6.45, 7) is 4.53. The van der Waals surface area contributed by atoms with Crippen LogP contribution in [0, 0.1) is 0 Å². The summed E-state index contributed by atoms with van der Waals surface area (Å²) in [6.07, 6.45) is 15.3. The van der Waals surface area contributed by atoms with E-state index in [1.807, 2.05) is 0 Å². The van der Waals surface area contributed by atoms with Crippen LogP contribution >= 0.6 is 0 Å². The van der Waals surface area contributed by atoms with Gasteiger partial charge in [-0.2, -0.15) is 0 Å². The molecule has 1 fully saturated rings. The lowest BCUT2D eigenvalue weighted by Gasteiger charge is -2.04. The zero-order valence-corrected chi connectivity index (χ0v) is 9.81. The second-order valence-electron chi connectivity index (χ2n) is 4.36. The molecule has 0 aliphatic heterocycles. The Morgan fingerprint density at radius 3 is 2.57 bits per heavy atom. The van der Waals surface area contributed by atoms with Crippen molar-refractivity contribution in [2.45, 2.75) is 65.2 Å². The summed E-state index contributed by atoms with van der Waals surface area (Å²) in [5.74, 6) is 0. The average molecular weight is 192 g/mol. The highest BCUT2D eigenvalue weighted by molar-refractivity contribution is 5.14. The van der Waals surface area contributed by atoms with E-state index in [0.29, 0.717) is 0 Å². The predicted octanol–water partition coefficient (Wildman–Crippen LogP) is 5.01. The molecule has 80 valence electrons. The predicted molar refractivity (Wildman–Crippen MR) is 64.5 cm³/mol. The van der Waals surface area contributed by atoms with Crippen molar-refractivity contribution in [3.63, 3.8) is 0 Å². The lowest BCUT2D eigenvalue weighted by molar-refractivity contribution is 0.812. The maximum atomic E-state index is 2.34. The highest BCUT2D eigenvalue weighted by Crippen LogP contribution is 2.28. The van der Waals surface area contributed by atoms with Crippen molar-refractivity contribution >= 4 is 0 Å². The molecule has 0 aromatic carbocycles. The third-order valence-electron chi connectivity index (χ3n) is 3.14. The van der Waals surface area contributed by atoms with E-state index < -0.39 is 0 Å². The highest BCUT2D eigenvalue weighted by Gasteiger charge is 2.08. The first-order valence-corrected chi connectivity index (χ1v) is 6.17. The van der Waals surface area contributed by atoms with Crippen LogP contribution in [0.4, 0.5) is 0 Å². The molecule has 0 radical (unpaired) electrons. The van der Waals surface area contributed by atoms with Gasteiger partial charge >= 0.3 is 0 Å². The van der Waals surface area contributed by atoms with Crippen molar-refractivity contribution in [1.29, 1.82) is 0 Å².